The molecule has 0 saturated carbocycles. The largest absolute Gasteiger partial charge is 4.00 e. The molecular weight excluding hydrogens is 478 g/mol. The van der Waals surface area contributed by atoms with Gasteiger partial charge in [0.05, 0.1) is 0 Å². The molecule has 0 amide bonds. The molecule has 2 aliphatic rings. The molecule has 1 aliphatic heterocycles. The zero-order valence-electron chi connectivity index (χ0n) is 11.2. The summed E-state index contributed by atoms with van der Waals surface area (Å²) in [6.45, 7) is 6.60. The third-order valence-electron chi connectivity index (χ3n) is 3.26. The third-order valence-corrected chi connectivity index (χ3v) is 5.34. The maximum Gasteiger partial charge on any atom is 4.00 e. The van der Waals surface area contributed by atoms with Crippen LogP contribution in [0.2, 0.25) is 0 Å². The SMILES string of the molecule is CC1=[C-]c2c(Br)c3c(cc2=C1)SC(C)C=3C.[Cl-].[Cl-].[Cl-].[Zr+4]. The number of hydrogen-bond acceptors (Lipinski definition) is 1. The maximum atomic E-state index is 3.75. The molecule has 0 bridgehead atoms. The Labute approximate surface area is 170 Å². The predicted molar refractivity (Wildman–Crippen MR) is 73.8 cm³/mol. The molecule has 0 N–H and O–H groups in total. The van der Waals surface area contributed by atoms with Gasteiger partial charge in [0, 0.05) is 5.25 Å². The number of thioether (sulfide) groups is 1. The predicted octanol–water partition coefficient (Wildman–Crippen LogP) is -5.98. The van der Waals surface area contributed by atoms with Gasteiger partial charge in [0.25, 0.3) is 0 Å². The van der Waals surface area contributed by atoms with E-state index in [9.17, 15) is 0 Å². The summed E-state index contributed by atoms with van der Waals surface area (Å²) in [4.78, 5) is 1.41. The maximum absolute atomic E-state index is 3.75. The van der Waals surface area contributed by atoms with E-state index in [0.717, 1.165) is 0 Å². The second-order valence-corrected chi connectivity index (χ2v) is 6.60. The average molecular weight is 490 g/mol. The summed E-state index contributed by atoms with van der Waals surface area (Å²) in [6.07, 6.45) is 5.63. The number of fused-ring (bicyclic) bond motifs is 2. The fourth-order valence-electron chi connectivity index (χ4n) is 2.30. The van der Waals surface area contributed by atoms with Crippen molar-refractivity contribution in [3.63, 3.8) is 0 Å². The van der Waals surface area contributed by atoms with Crippen molar-refractivity contribution < 1.29 is 63.4 Å². The van der Waals surface area contributed by atoms with E-state index in [4.69, 9.17) is 0 Å². The Morgan fingerprint density at radius 1 is 1.20 bits per heavy atom. The summed E-state index contributed by atoms with van der Waals surface area (Å²) >= 11 is 5.71. The molecule has 106 valence electrons. The molecule has 1 aromatic carbocycles. The van der Waals surface area contributed by atoms with Crippen molar-refractivity contribution in [2.75, 3.05) is 0 Å². The van der Waals surface area contributed by atoms with E-state index in [1.807, 2.05) is 11.8 Å². The summed E-state index contributed by atoms with van der Waals surface area (Å²) < 4.78 is 1.22. The molecule has 1 aliphatic carbocycles. The van der Waals surface area contributed by atoms with Crippen LogP contribution in [0.5, 0.6) is 0 Å². The Hall–Kier alpha value is 1.28. The second-order valence-electron chi connectivity index (χ2n) is 4.42. The van der Waals surface area contributed by atoms with E-state index >= 15 is 0 Å². The van der Waals surface area contributed by atoms with Crippen LogP contribution in [0.4, 0.5) is 0 Å². The van der Waals surface area contributed by atoms with Crippen LogP contribution in [-0.2, 0) is 26.2 Å². The van der Waals surface area contributed by atoms with E-state index in [2.05, 4.69) is 54.9 Å². The second kappa shape index (κ2) is 8.80. The summed E-state index contributed by atoms with van der Waals surface area (Å²) in [5, 5.41) is 3.29. The number of hydrogen-bond donors (Lipinski definition) is 0. The Bertz CT molecular complexity index is 655. The molecule has 3 rings (SSSR count). The van der Waals surface area contributed by atoms with Crippen molar-refractivity contribution in [2.45, 2.75) is 30.9 Å². The van der Waals surface area contributed by atoms with E-state index < -0.39 is 0 Å². The van der Waals surface area contributed by atoms with Crippen LogP contribution in [0.25, 0.3) is 11.6 Å². The first-order valence-electron chi connectivity index (χ1n) is 5.40. The van der Waals surface area contributed by atoms with E-state index in [1.165, 1.54) is 36.5 Å². The Morgan fingerprint density at radius 2 is 1.80 bits per heavy atom. The van der Waals surface area contributed by atoms with Gasteiger partial charge in [0.15, 0.2) is 0 Å². The Kier molecular flexibility index (Phi) is 10.4. The standard InChI is InChI=1S/C14H12BrS.3ClH.Zr/c1-7-4-10-6-12-13(8(2)9(3)16-12)14(15)11(10)5-7;;;;/h4,6,9H,1-3H3;3*1H;/q-1;;;;+4/p-3. The summed E-state index contributed by atoms with van der Waals surface area (Å²) in [5.41, 5.74) is 3.92. The van der Waals surface area contributed by atoms with Crippen molar-refractivity contribution in [1.29, 1.82) is 0 Å². The zero-order chi connectivity index (χ0) is 11.4. The van der Waals surface area contributed by atoms with Crippen LogP contribution in [0.3, 0.4) is 0 Å². The third kappa shape index (κ3) is 3.78. The fraction of sp³-hybridized carbons (Fsp3) is 0.286. The van der Waals surface area contributed by atoms with Gasteiger partial charge in [-0.15, -0.1) is 50.1 Å². The topological polar surface area (TPSA) is 0 Å². The molecule has 20 heavy (non-hydrogen) atoms. The Balaban J connectivity index is 0. The van der Waals surface area contributed by atoms with Gasteiger partial charge < -0.3 is 37.2 Å². The van der Waals surface area contributed by atoms with Crippen LogP contribution < -0.4 is 47.7 Å². The average Bonchev–Trinajstić information content (AvgIpc) is 2.70. The van der Waals surface area contributed by atoms with Gasteiger partial charge in [-0.25, -0.2) is 0 Å². The zero-order valence-corrected chi connectivity index (χ0v) is 18.3. The molecule has 0 spiro atoms. The minimum Gasteiger partial charge on any atom is -1.00 e. The minimum atomic E-state index is 0. The molecule has 0 saturated heterocycles. The van der Waals surface area contributed by atoms with Crippen molar-refractivity contribution in [3.8, 4) is 0 Å². The molecular formula is C14H12BrCl3SZr. The van der Waals surface area contributed by atoms with Crippen molar-refractivity contribution in [1.82, 2.24) is 0 Å². The molecule has 0 radical (unpaired) electrons. The molecule has 0 fully saturated rings. The van der Waals surface area contributed by atoms with Gasteiger partial charge in [-0.1, -0.05) is 18.6 Å². The summed E-state index contributed by atoms with van der Waals surface area (Å²) in [7, 11) is 0. The molecule has 1 aromatic rings. The fourth-order valence-corrected chi connectivity index (χ4v) is 4.53. The normalized spacial score (nSPS) is 17.3. The van der Waals surface area contributed by atoms with Crippen molar-refractivity contribution in [2.24, 2.45) is 0 Å². The van der Waals surface area contributed by atoms with Crippen molar-refractivity contribution >= 4 is 39.3 Å². The smallest absolute Gasteiger partial charge is 1.00 e. The minimum absolute atomic E-state index is 0. The van der Waals surface area contributed by atoms with Crippen LogP contribution >= 0.6 is 27.7 Å². The first-order chi connectivity index (χ1) is 7.58. The molecule has 1 atom stereocenters. The van der Waals surface area contributed by atoms with Crippen molar-refractivity contribution in [3.05, 3.63) is 38.2 Å². The van der Waals surface area contributed by atoms with Gasteiger partial charge in [0.2, 0.25) is 0 Å². The van der Waals surface area contributed by atoms with Gasteiger partial charge in [-0.2, -0.15) is 6.08 Å². The number of benzene rings is 1. The molecule has 1 unspecified atom stereocenters. The van der Waals surface area contributed by atoms with Crippen LogP contribution in [0.15, 0.2) is 21.0 Å². The number of halogens is 4. The van der Waals surface area contributed by atoms with E-state index in [0.29, 0.717) is 5.25 Å². The quantitative estimate of drug-likeness (QED) is 0.327. The van der Waals surface area contributed by atoms with Gasteiger partial charge >= 0.3 is 26.2 Å². The Morgan fingerprint density at radius 3 is 2.40 bits per heavy atom. The molecule has 6 heteroatoms. The number of rotatable bonds is 0. The van der Waals surface area contributed by atoms with Crippen LogP contribution in [-0.4, -0.2) is 5.25 Å². The summed E-state index contributed by atoms with van der Waals surface area (Å²) in [6, 6.07) is 2.30. The van der Waals surface area contributed by atoms with Crippen LogP contribution in [0, 0.1) is 6.08 Å². The van der Waals surface area contributed by atoms with Crippen LogP contribution in [0.1, 0.15) is 26.3 Å². The van der Waals surface area contributed by atoms with Gasteiger partial charge in [0.1, 0.15) is 0 Å². The molecule has 0 nitrogen and oxygen atoms in total. The van der Waals surface area contributed by atoms with Gasteiger partial charge in [-0.05, 0) is 28.4 Å². The number of allylic oxidation sites excluding steroid dienone is 1. The first kappa shape index (κ1) is 23.5. The van der Waals surface area contributed by atoms with Gasteiger partial charge in [-0.3, -0.25) is 0 Å². The van der Waals surface area contributed by atoms with E-state index in [1.54, 1.807) is 0 Å². The van der Waals surface area contributed by atoms with E-state index in [-0.39, 0.29) is 63.4 Å². The first-order valence-corrected chi connectivity index (χ1v) is 7.07. The molecule has 1 heterocycles. The summed E-state index contributed by atoms with van der Waals surface area (Å²) in [5.74, 6) is 0. The monoisotopic (exact) mass is 486 g/mol. The molecule has 0 aromatic heterocycles.